The highest BCUT2D eigenvalue weighted by Gasteiger charge is 2.14. The Hall–Kier alpha value is -1.96. The fourth-order valence-electron chi connectivity index (χ4n) is 1.10. The summed E-state index contributed by atoms with van der Waals surface area (Å²) in [5, 5.41) is 15.6. The lowest BCUT2D eigenvalue weighted by Crippen LogP contribution is -1.97. The molecule has 16 heavy (non-hydrogen) atoms. The second-order valence-electron chi connectivity index (χ2n) is 2.87. The normalized spacial score (nSPS) is 10.5. The first-order valence-electron chi connectivity index (χ1n) is 4.27. The van der Waals surface area contributed by atoms with Crippen LogP contribution in [0.4, 0.5) is 5.95 Å². The summed E-state index contributed by atoms with van der Waals surface area (Å²) in [6, 6.07) is 1.60. The Morgan fingerprint density at radius 3 is 3.12 bits per heavy atom. The van der Waals surface area contributed by atoms with Crippen molar-refractivity contribution in [2.45, 2.75) is 10.9 Å². The van der Waals surface area contributed by atoms with Crippen molar-refractivity contribution in [1.29, 1.82) is 0 Å². The third-order valence-electron chi connectivity index (χ3n) is 1.78. The highest BCUT2D eigenvalue weighted by molar-refractivity contribution is 7.98. The van der Waals surface area contributed by atoms with Gasteiger partial charge in [-0.25, -0.2) is 9.89 Å². The Morgan fingerprint density at radius 1 is 1.69 bits per heavy atom. The van der Waals surface area contributed by atoms with Crippen molar-refractivity contribution in [2.75, 3.05) is 5.73 Å². The minimum absolute atomic E-state index is 0.0593. The number of nitrogens with zero attached hydrogens (tertiary/aromatic N) is 2. The van der Waals surface area contributed by atoms with Gasteiger partial charge in [0.2, 0.25) is 16.9 Å². The van der Waals surface area contributed by atoms with Crippen LogP contribution in [0.2, 0.25) is 0 Å². The van der Waals surface area contributed by atoms with E-state index in [-0.39, 0.29) is 11.7 Å². The first-order valence-corrected chi connectivity index (χ1v) is 5.25. The van der Waals surface area contributed by atoms with Crippen molar-refractivity contribution in [3.8, 4) is 0 Å². The van der Waals surface area contributed by atoms with E-state index < -0.39 is 5.97 Å². The first kappa shape index (κ1) is 10.6. The van der Waals surface area contributed by atoms with Gasteiger partial charge in [-0.15, -0.1) is 5.10 Å². The minimum atomic E-state index is -1.09. The number of thioether (sulfide) groups is 1. The Balaban J connectivity index is 2.04. The van der Waals surface area contributed by atoms with E-state index in [0.717, 1.165) is 0 Å². The number of hydrogen-bond donors (Lipinski definition) is 3. The van der Waals surface area contributed by atoms with Crippen LogP contribution >= 0.6 is 11.8 Å². The summed E-state index contributed by atoms with van der Waals surface area (Å²) in [6.07, 6.45) is 1.34. The molecule has 0 spiro atoms. The molecule has 7 nitrogen and oxygen atoms in total. The lowest BCUT2D eigenvalue weighted by atomic mass is 10.3. The predicted molar refractivity (Wildman–Crippen MR) is 56.0 cm³/mol. The van der Waals surface area contributed by atoms with Crippen LogP contribution in [0.15, 0.2) is 21.9 Å². The zero-order valence-electron chi connectivity index (χ0n) is 8.01. The number of carbonyl (C=O) groups is 1. The number of anilines is 1. The van der Waals surface area contributed by atoms with Gasteiger partial charge in [0.05, 0.1) is 6.26 Å². The lowest BCUT2D eigenvalue weighted by Gasteiger charge is -1.95. The van der Waals surface area contributed by atoms with Gasteiger partial charge in [-0.3, -0.25) is 0 Å². The van der Waals surface area contributed by atoms with E-state index in [1.807, 2.05) is 0 Å². The van der Waals surface area contributed by atoms with Crippen LogP contribution in [-0.2, 0) is 5.75 Å². The van der Waals surface area contributed by atoms with E-state index in [1.165, 1.54) is 18.0 Å². The van der Waals surface area contributed by atoms with Gasteiger partial charge in [-0.1, -0.05) is 11.8 Å². The third kappa shape index (κ3) is 2.16. The van der Waals surface area contributed by atoms with Crippen LogP contribution < -0.4 is 5.73 Å². The van der Waals surface area contributed by atoms with Crippen LogP contribution in [0.25, 0.3) is 0 Å². The summed E-state index contributed by atoms with van der Waals surface area (Å²) in [5.41, 5.74) is 5.93. The molecule has 2 aromatic rings. The number of carboxylic acid groups (broad SMARTS) is 1. The largest absolute Gasteiger partial charge is 0.475 e. The van der Waals surface area contributed by atoms with Crippen molar-refractivity contribution < 1.29 is 14.3 Å². The average Bonchev–Trinajstić information content (AvgIpc) is 2.83. The molecule has 0 aliphatic heterocycles. The van der Waals surface area contributed by atoms with E-state index in [1.54, 1.807) is 6.07 Å². The molecule has 0 radical (unpaired) electrons. The molecule has 2 rings (SSSR count). The van der Waals surface area contributed by atoms with Crippen molar-refractivity contribution in [3.63, 3.8) is 0 Å². The number of aromatic carboxylic acids is 1. The molecule has 0 fully saturated rings. The van der Waals surface area contributed by atoms with Crippen LogP contribution in [0, 0.1) is 0 Å². The predicted octanol–water partition coefficient (Wildman–Crippen LogP) is 0.970. The standard InChI is InChI=1S/C8H8N4O3S/c9-7-10-8(12-11-7)16-3-4-1-2-15-5(4)6(13)14/h1-2H,3H2,(H,13,14)(H3,9,10,11,12). The molecule has 84 valence electrons. The summed E-state index contributed by atoms with van der Waals surface area (Å²) < 4.78 is 4.83. The topological polar surface area (TPSA) is 118 Å². The number of aromatic amines is 1. The summed E-state index contributed by atoms with van der Waals surface area (Å²) in [6.45, 7) is 0. The van der Waals surface area contributed by atoms with E-state index in [0.29, 0.717) is 16.5 Å². The first-order chi connectivity index (χ1) is 7.66. The summed E-state index contributed by atoms with van der Waals surface area (Å²) in [5.74, 6) is -0.505. The van der Waals surface area contributed by atoms with Gasteiger partial charge in [-0.2, -0.15) is 4.98 Å². The van der Waals surface area contributed by atoms with Crippen molar-refractivity contribution in [1.82, 2.24) is 15.2 Å². The molecule has 0 aliphatic rings. The molecule has 2 heterocycles. The molecule has 0 bridgehead atoms. The number of nitrogen functional groups attached to an aromatic ring is 1. The molecule has 2 aromatic heterocycles. The van der Waals surface area contributed by atoms with Crippen molar-refractivity contribution in [2.24, 2.45) is 0 Å². The Kier molecular flexibility index (Phi) is 2.82. The Bertz CT molecular complexity index is 507. The monoisotopic (exact) mass is 240 g/mol. The Labute approximate surface area is 94.0 Å². The molecule has 0 saturated carbocycles. The third-order valence-corrected chi connectivity index (χ3v) is 2.68. The molecule has 0 saturated heterocycles. The van der Waals surface area contributed by atoms with Gasteiger partial charge < -0.3 is 15.3 Å². The molecule has 0 aliphatic carbocycles. The summed E-state index contributed by atoms with van der Waals surface area (Å²) in [7, 11) is 0. The second kappa shape index (κ2) is 4.27. The summed E-state index contributed by atoms with van der Waals surface area (Å²) in [4.78, 5) is 14.6. The van der Waals surface area contributed by atoms with Crippen LogP contribution in [0.5, 0.6) is 0 Å². The molecule has 0 aromatic carbocycles. The zero-order valence-corrected chi connectivity index (χ0v) is 8.82. The van der Waals surface area contributed by atoms with Crippen molar-refractivity contribution >= 4 is 23.7 Å². The molecule has 0 amide bonds. The van der Waals surface area contributed by atoms with Gasteiger partial charge >= 0.3 is 5.97 Å². The quantitative estimate of drug-likeness (QED) is 0.681. The molecule has 0 atom stereocenters. The van der Waals surface area contributed by atoms with Crippen molar-refractivity contribution in [3.05, 3.63) is 23.7 Å². The summed E-state index contributed by atoms with van der Waals surface area (Å²) >= 11 is 1.27. The molecule has 0 unspecified atom stereocenters. The van der Waals surface area contributed by atoms with Crippen LogP contribution in [-0.4, -0.2) is 26.3 Å². The molecular weight excluding hydrogens is 232 g/mol. The van der Waals surface area contributed by atoms with Gasteiger partial charge in [-0.05, 0) is 6.07 Å². The van der Waals surface area contributed by atoms with Gasteiger partial charge in [0.25, 0.3) is 0 Å². The maximum absolute atomic E-state index is 10.7. The van der Waals surface area contributed by atoms with Gasteiger partial charge in [0.15, 0.2) is 0 Å². The maximum Gasteiger partial charge on any atom is 0.372 e. The van der Waals surface area contributed by atoms with Gasteiger partial charge in [0.1, 0.15) is 0 Å². The van der Waals surface area contributed by atoms with E-state index >= 15 is 0 Å². The zero-order chi connectivity index (χ0) is 11.5. The average molecular weight is 240 g/mol. The van der Waals surface area contributed by atoms with E-state index in [2.05, 4.69) is 15.2 Å². The Morgan fingerprint density at radius 2 is 2.50 bits per heavy atom. The SMILES string of the molecule is Nc1nc(SCc2ccoc2C(=O)O)n[nH]1. The molecule has 4 N–H and O–H groups in total. The fraction of sp³-hybridized carbons (Fsp3) is 0.125. The number of hydrogen-bond acceptors (Lipinski definition) is 6. The number of carboxylic acids is 1. The maximum atomic E-state index is 10.7. The van der Waals surface area contributed by atoms with E-state index in [9.17, 15) is 4.79 Å². The number of nitrogens with one attached hydrogen (secondary N) is 1. The number of H-pyrrole nitrogens is 1. The van der Waals surface area contributed by atoms with E-state index in [4.69, 9.17) is 15.3 Å². The lowest BCUT2D eigenvalue weighted by molar-refractivity contribution is 0.0661. The molecule has 8 heteroatoms. The van der Waals surface area contributed by atoms with Gasteiger partial charge in [0, 0.05) is 11.3 Å². The number of aromatic nitrogens is 3. The highest BCUT2D eigenvalue weighted by Crippen LogP contribution is 2.22. The fourth-order valence-corrected chi connectivity index (χ4v) is 1.89. The molecular formula is C8H8N4O3S. The number of furan rings is 1. The van der Waals surface area contributed by atoms with Crippen LogP contribution in [0.1, 0.15) is 16.1 Å². The highest BCUT2D eigenvalue weighted by atomic mass is 32.2. The second-order valence-corrected chi connectivity index (χ2v) is 3.81. The van der Waals surface area contributed by atoms with Crippen LogP contribution in [0.3, 0.4) is 0 Å². The smallest absolute Gasteiger partial charge is 0.372 e. The number of nitrogens with two attached hydrogens (primary N) is 1. The number of rotatable bonds is 4. The minimum Gasteiger partial charge on any atom is -0.475 e.